The first-order chi connectivity index (χ1) is 11.7. The molecular formula is C13H20N6O5S. The molecular weight excluding hydrogens is 352 g/mol. The molecule has 0 radical (unpaired) electrons. The molecule has 3 rings (SSSR count). The van der Waals surface area contributed by atoms with Gasteiger partial charge in [-0.15, -0.1) is 0 Å². The van der Waals surface area contributed by atoms with Gasteiger partial charge in [0.25, 0.3) is 5.56 Å². The number of nitrogens with one attached hydrogen (secondary N) is 1. The smallest absolute Gasteiger partial charge is 0.311 e. The average Bonchev–Trinajstić information content (AvgIpc) is 2.97. The fourth-order valence-electron chi connectivity index (χ4n) is 3.25. The molecule has 1 fully saturated rings. The van der Waals surface area contributed by atoms with Crippen LogP contribution in [0, 0.1) is 5.92 Å². The number of nitrogen functional groups attached to an aromatic ring is 1. The van der Waals surface area contributed by atoms with Gasteiger partial charge in [-0.25, -0.2) is 5.90 Å². The Kier molecular flexibility index (Phi) is 4.43. The van der Waals surface area contributed by atoms with Crippen LogP contribution < -0.4 is 27.8 Å². The van der Waals surface area contributed by atoms with E-state index in [1.54, 1.807) is 6.92 Å². The van der Waals surface area contributed by atoms with E-state index in [9.17, 15) is 14.7 Å². The van der Waals surface area contributed by atoms with E-state index < -0.39 is 40.3 Å². The monoisotopic (exact) mass is 372 g/mol. The summed E-state index contributed by atoms with van der Waals surface area (Å²) in [6.07, 6.45) is -2.66. The van der Waals surface area contributed by atoms with Crippen LogP contribution in [-0.2, 0) is 9.57 Å². The third-order valence-electron chi connectivity index (χ3n) is 4.79. The second-order valence-electron chi connectivity index (χ2n) is 6.17. The maximum absolute atomic E-state index is 12.5. The first-order valence-electron chi connectivity index (χ1n) is 7.56. The summed E-state index contributed by atoms with van der Waals surface area (Å²) in [6.45, 7) is 3.30. The van der Waals surface area contributed by atoms with E-state index in [0.29, 0.717) is 11.3 Å². The van der Waals surface area contributed by atoms with Crippen molar-refractivity contribution < 1.29 is 14.7 Å². The Morgan fingerprint density at radius 1 is 1.56 bits per heavy atom. The Balaban J connectivity index is 2.24. The van der Waals surface area contributed by atoms with Gasteiger partial charge in [0.05, 0.1) is 24.4 Å². The Bertz CT molecular complexity index is 906. The second kappa shape index (κ2) is 6.16. The number of anilines is 1. The number of hydrogen-bond acceptors (Lipinski definition) is 10. The highest BCUT2D eigenvalue weighted by Gasteiger charge is 2.56. The summed E-state index contributed by atoms with van der Waals surface area (Å²) in [6, 6.07) is 0. The first kappa shape index (κ1) is 18.0. The van der Waals surface area contributed by atoms with Crippen LogP contribution in [0.3, 0.4) is 0 Å². The maximum atomic E-state index is 12.5. The summed E-state index contributed by atoms with van der Waals surface area (Å²) in [4.78, 5) is 35.1. The van der Waals surface area contributed by atoms with Crippen LogP contribution in [0.15, 0.2) is 9.59 Å². The summed E-state index contributed by atoms with van der Waals surface area (Å²) >= 11 is 0.702. The molecule has 11 nitrogen and oxygen atoms in total. The minimum atomic E-state index is -1.33. The number of rotatable bonds is 4. The van der Waals surface area contributed by atoms with Gasteiger partial charge in [-0.05, 0) is 6.92 Å². The molecule has 0 aliphatic carbocycles. The van der Waals surface area contributed by atoms with Crippen LogP contribution in [0.1, 0.15) is 20.1 Å². The molecule has 0 spiro atoms. The standard InChI is InChI=1S/C13H20N6O5S/c1-4-6(3-23-16)24-10(13(4,15)5(2)20)19-8-7(25-12(19)22)9(21)18-11(14)17-8/h4-6,10,20H,3,15-16H2,1-2H3,(H3,14,17,18,21)/t4-,5?,6?,10+,13+/m0/s1. The lowest BCUT2D eigenvalue weighted by Gasteiger charge is -2.36. The molecule has 5 atom stereocenters. The predicted molar refractivity (Wildman–Crippen MR) is 90.7 cm³/mol. The molecule has 3 heterocycles. The van der Waals surface area contributed by atoms with Crippen LogP contribution in [0.25, 0.3) is 10.3 Å². The highest BCUT2D eigenvalue weighted by atomic mass is 32.1. The van der Waals surface area contributed by atoms with E-state index in [0.717, 1.165) is 4.57 Å². The predicted octanol–water partition coefficient (Wildman–Crippen LogP) is -1.77. The number of ether oxygens (including phenoxy) is 1. The summed E-state index contributed by atoms with van der Waals surface area (Å²) in [7, 11) is 0. The molecule has 1 saturated heterocycles. The molecule has 0 saturated carbocycles. The van der Waals surface area contributed by atoms with Crippen LogP contribution in [0.2, 0.25) is 0 Å². The highest BCUT2D eigenvalue weighted by molar-refractivity contribution is 7.16. The summed E-state index contributed by atoms with van der Waals surface area (Å²) in [5, 5.41) is 10.3. The first-order valence-corrected chi connectivity index (χ1v) is 8.38. The third-order valence-corrected chi connectivity index (χ3v) is 5.73. The van der Waals surface area contributed by atoms with Crippen molar-refractivity contribution in [1.29, 1.82) is 0 Å². The van der Waals surface area contributed by atoms with Gasteiger partial charge in [0, 0.05) is 5.92 Å². The average molecular weight is 372 g/mol. The molecule has 1 aliphatic heterocycles. The molecule has 2 aromatic rings. The number of nitrogens with zero attached hydrogens (tertiary/aromatic N) is 2. The number of nitrogens with two attached hydrogens (primary N) is 3. The number of aliphatic hydroxyl groups excluding tert-OH is 1. The lowest BCUT2D eigenvalue weighted by atomic mass is 9.79. The number of aromatic amines is 1. The number of fused-ring (bicyclic) bond motifs is 1. The zero-order valence-corrected chi connectivity index (χ0v) is 14.4. The third kappa shape index (κ3) is 2.58. The Morgan fingerprint density at radius 2 is 2.24 bits per heavy atom. The van der Waals surface area contributed by atoms with Crippen LogP contribution in [-0.4, -0.2) is 44.0 Å². The van der Waals surface area contributed by atoms with E-state index in [4.69, 9.17) is 22.1 Å². The lowest BCUT2D eigenvalue weighted by Crippen LogP contribution is -2.58. The molecule has 0 aromatic carbocycles. The highest BCUT2D eigenvalue weighted by Crippen LogP contribution is 2.43. The SMILES string of the molecule is CC(O)[C@]1(N)[C@@H](C)C(CON)O[C@H]1n1c(=O)sc2c(=O)[nH]c(N)nc21. The summed E-state index contributed by atoms with van der Waals surface area (Å²) in [5.74, 6) is 4.59. The Hall–Kier alpha value is -1.83. The molecule has 25 heavy (non-hydrogen) atoms. The van der Waals surface area contributed by atoms with Crippen molar-refractivity contribution in [2.45, 2.75) is 37.8 Å². The van der Waals surface area contributed by atoms with Crippen molar-refractivity contribution in [1.82, 2.24) is 14.5 Å². The number of thiazole rings is 1. The molecule has 2 aromatic heterocycles. The van der Waals surface area contributed by atoms with E-state index in [-0.39, 0.29) is 22.9 Å². The van der Waals surface area contributed by atoms with Crippen molar-refractivity contribution in [2.75, 3.05) is 12.3 Å². The molecule has 8 N–H and O–H groups in total. The summed E-state index contributed by atoms with van der Waals surface area (Å²) < 4.78 is 7.15. The van der Waals surface area contributed by atoms with E-state index in [1.807, 2.05) is 0 Å². The van der Waals surface area contributed by atoms with Crippen LogP contribution in [0.5, 0.6) is 0 Å². The van der Waals surface area contributed by atoms with Gasteiger partial charge in [0.1, 0.15) is 4.70 Å². The van der Waals surface area contributed by atoms with Crippen molar-refractivity contribution >= 4 is 27.6 Å². The van der Waals surface area contributed by atoms with Gasteiger partial charge in [0.15, 0.2) is 11.9 Å². The largest absolute Gasteiger partial charge is 0.391 e. The van der Waals surface area contributed by atoms with Crippen molar-refractivity contribution in [3.63, 3.8) is 0 Å². The van der Waals surface area contributed by atoms with Gasteiger partial charge in [0.2, 0.25) is 5.95 Å². The van der Waals surface area contributed by atoms with E-state index in [2.05, 4.69) is 14.8 Å². The topological polar surface area (TPSA) is 184 Å². The fourth-order valence-corrected chi connectivity index (χ4v) is 4.08. The molecule has 0 bridgehead atoms. The maximum Gasteiger partial charge on any atom is 0.311 e. The quantitative estimate of drug-likeness (QED) is 0.387. The van der Waals surface area contributed by atoms with Gasteiger partial charge in [-0.3, -0.25) is 19.1 Å². The van der Waals surface area contributed by atoms with E-state index in [1.165, 1.54) is 6.92 Å². The van der Waals surface area contributed by atoms with Gasteiger partial charge >= 0.3 is 4.87 Å². The molecule has 138 valence electrons. The number of hydrogen-bond donors (Lipinski definition) is 5. The zero-order valence-electron chi connectivity index (χ0n) is 13.6. The number of aliphatic hydroxyl groups is 1. The normalized spacial score (nSPS) is 30.8. The molecule has 12 heteroatoms. The van der Waals surface area contributed by atoms with Gasteiger partial charge in [-0.2, -0.15) is 4.98 Å². The van der Waals surface area contributed by atoms with E-state index >= 15 is 0 Å². The van der Waals surface area contributed by atoms with Gasteiger partial charge in [-0.1, -0.05) is 18.3 Å². The minimum absolute atomic E-state index is 0.0241. The number of H-pyrrole nitrogens is 1. The fraction of sp³-hybridized carbons (Fsp3) is 0.615. The van der Waals surface area contributed by atoms with Gasteiger partial charge < -0.3 is 26.1 Å². The Morgan fingerprint density at radius 3 is 2.84 bits per heavy atom. The van der Waals surface area contributed by atoms with Crippen LogP contribution in [0.4, 0.5) is 5.95 Å². The molecule has 2 unspecified atom stereocenters. The zero-order chi connectivity index (χ0) is 18.5. The minimum Gasteiger partial charge on any atom is -0.391 e. The molecule has 0 amide bonds. The van der Waals surface area contributed by atoms with Crippen molar-refractivity contribution in [3.05, 3.63) is 20.0 Å². The van der Waals surface area contributed by atoms with Crippen molar-refractivity contribution in [2.24, 2.45) is 17.5 Å². The number of aromatic nitrogens is 3. The summed E-state index contributed by atoms with van der Waals surface area (Å²) in [5.41, 5.74) is 10.3. The lowest BCUT2D eigenvalue weighted by molar-refractivity contribution is -0.0660. The van der Waals surface area contributed by atoms with Crippen LogP contribution >= 0.6 is 11.3 Å². The second-order valence-corrected chi connectivity index (χ2v) is 7.13. The van der Waals surface area contributed by atoms with Crippen molar-refractivity contribution in [3.8, 4) is 0 Å². The molecule has 1 aliphatic rings. The Labute approximate surface area is 145 Å².